The van der Waals surface area contributed by atoms with E-state index in [9.17, 15) is 9.59 Å². The maximum Gasteiger partial charge on any atom is 0.397 e. The molecule has 0 fully saturated rings. The van der Waals surface area contributed by atoms with Gasteiger partial charge in [0, 0.05) is 13.0 Å². The third-order valence-electron chi connectivity index (χ3n) is 6.60. The standard InChI is InChI=1S/C31H34ClFN2O4Si/c1-5-38-30(37)29(36)35(19-13-12-18-34)27-21-23(20-26(32)28(27)33)22-39-40(31(2,3)4,24-14-8-6-9-15-24)25-16-10-7-11-17-25/h6-11,14-17,20-21H,5,12-13,19,22H2,1-4H3. The van der Waals surface area contributed by atoms with Gasteiger partial charge in [-0.3, -0.25) is 9.69 Å². The van der Waals surface area contributed by atoms with Gasteiger partial charge in [-0.25, -0.2) is 9.18 Å². The minimum Gasteiger partial charge on any atom is -0.459 e. The summed E-state index contributed by atoms with van der Waals surface area (Å²) in [6.07, 6.45) is 0.361. The molecule has 1 amide bonds. The van der Waals surface area contributed by atoms with Crippen LogP contribution in [0.1, 0.15) is 46.1 Å². The van der Waals surface area contributed by atoms with Crippen LogP contribution in [-0.4, -0.2) is 33.3 Å². The second kappa shape index (κ2) is 13.7. The molecule has 3 aromatic carbocycles. The molecule has 0 saturated heterocycles. The molecule has 0 bridgehead atoms. The van der Waals surface area contributed by atoms with Crippen molar-refractivity contribution in [3.8, 4) is 6.07 Å². The number of ether oxygens (including phenoxy) is 1. The Morgan fingerprint density at radius 2 is 1.60 bits per heavy atom. The number of benzene rings is 3. The molecule has 0 aliphatic heterocycles. The molecular weight excluding hydrogens is 547 g/mol. The van der Waals surface area contributed by atoms with E-state index in [0.29, 0.717) is 5.56 Å². The van der Waals surface area contributed by atoms with Crippen molar-refractivity contribution in [2.75, 3.05) is 18.1 Å². The van der Waals surface area contributed by atoms with Crippen LogP contribution < -0.4 is 15.3 Å². The zero-order valence-electron chi connectivity index (χ0n) is 23.2. The predicted octanol–water partition coefficient (Wildman–Crippen LogP) is 5.76. The van der Waals surface area contributed by atoms with Crippen LogP contribution in [0.5, 0.6) is 0 Å². The first-order chi connectivity index (χ1) is 19.1. The number of halogens is 2. The first-order valence-corrected chi connectivity index (χ1v) is 15.4. The molecule has 0 unspecified atom stereocenters. The van der Waals surface area contributed by atoms with Crippen LogP contribution in [0.25, 0.3) is 0 Å². The summed E-state index contributed by atoms with van der Waals surface area (Å²) in [6.45, 7) is 8.04. The molecule has 6 nitrogen and oxygen atoms in total. The van der Waals surface area contributed by atoms with Crippen molar-refractivity contribution in [2.45, 2.75) is 52.2 Å². The molecule has 0 heterocycles. The van der Waals surface area contributed by atoms with Gasteiger partial charge < -0.3 is 9.16 Å². The van der Waals surface area contributed by atoms with Crippen molar-refractivity contribution < 1.29 is 23.1 Å². The SMILES string of the molecule is CCOC(=O)C(=O)N(CCCC#N)c1cc(CO[Si](c2ccccc2)(c2ccccc2)C(C)(C)C)cc(Cl)c1F. The van der Waals surface area contributed by atoms with E-state index < -0.39 is 26.0 Å². The van der Waals surface area contributed by atoms with Gasteiger partial charge in [-0.2, -0.15) is 5.26 Å². The molecule has 9 heteroatoms. The van der Waals surface area contributed by atoms with Crippen LogP contribution >= 0.6 is 11.6 Å². The average Bonchev–Trinajstić information content (AvgIpc) is 2.94. The first kappa shape index (κ1) is 31.0. The van der Waals surface area contributed by atoms with Crippen molar-refractivity contribution in [2.24, 2.45) is 0 Å². The van der Waals surface area contributed by atoms with Crippen molar-refractivity contribution in [3.63, 3.8) is 0 Å². The van der Waals surface area contributed by atoms with Gasteiger partial charge in [-0.1, -0.05) is 93.0 Å². The lowest BCUT2D eigenvalue weighted by atomic mass is 10.1. The second-order valence-corrected chi connectivity index (χ2v) is 15.0. The maximum absolute atomic E-state index is 15.4. The molecule has 0 N–H and O–H groups in total. The third-order valence-corrected chi connectivity index (χ3v) is 11.9. The molecule has 210 valence electrons. The van der Waals surface area contributed by atoms with Gasteiger partial charge in [0.05, 0.1) is 30.0 Å². The number of nitriles is 1. The Balaban J connectivity index is 2.09. The Hall–Kier alpha value is -3.51. The van der Waals surface area contributed by atoms with Crippen LogP contribution in [-0.2, 0) is 25.4 Å². The van der Waals surface area contributed by atoms with E-state index in [-0.39, 0.29) is 48.3 Å². The van der Waals surface area contributed by atoms with E-state index in [4.69, 9.17) is 26.0 Å². The zero-order chi connectivity index (χ0) is 29.3. The van der Waals surface area contributed by atoms with Gasteiger partial charge in [0.2, 0.25) is 0 Å². The summed E-state index contributed by atoms with van der Waals surface area (Å²) in [5, 5.41) is 10.6. The highest BCUT2D eigenvalue weighted by Gasteiger charge is 2.50. The van der Waals surface area contributed by atoms with Crippen molar-refractivity contribution in [3.05, 3.63) is 89.2 Å². The van der Waals surface area contributed by atoms with Gasteiger partial charge in [-0.05, 0) is 46.5 Å². The fourth-order valence-electron chi connectivity index (χ4n) is 4.81. The Labute approximate surface area is 241 Å². The van der Waals surface area contributed by atoms with Gasteiger partial charge in [0.1, 0.15) is 0 Å². The smallest absolute Gasteiger partial charge is 0.397 e. The number of rotatable bonds is 10. The van der Waals surface area contributed by atoms with E-state index in [0.717, 1.165) is 15.3 Å². The van der Waals surface area contributed by atoms with Crippen molar-refractivity contribution >= 4 is 47.9 Å². The van der Waals surface area contributed by atoms with E-state index >= 15 is 4.39 Å². The molecule has 3 aromatic rings. The zero-order valence-corrected chi connectivity index (χ0v) is 25.0. The Morgan fingerprint density at radius 3 is 2.10 bits per heavy atom. The monoisotopic (exact) mass is 580 g/mol. The Bertz CT molecular complexity index is 1320. The molecule has 0 aliphatic rings. The van der Waals surface area contributed by atoms with Crippen LogP contribution in [0, 0.1) is 17.1 Å². The van der Waals surface area contributed by atoms with Crippen LogP contribution in [0.3, 0.4) is 0 Å². The van der Waals surface area contributed by atoms with E-state index in [1.165, 1.54) is 12.1 Å². The summed E-state index contributed by atoms with van der Waals surface area (Å²) in [7, 11) is -2.91. The fourth-order valence-corrected chi connectivity index (χ4v) is 9.59. The average molecular weight is 581 g/mol. The summed E-state index contributed by atoms with van der Waals surface area (Å²) < 4.78 is 27.2. The van der Waals surface area contributed by atoms with Crippen molar-refractivity contribution in [1.29, 1.82) is 5.26 Å². The predicted molar refractivity (Wildman–Crippen MR) is 158 cm³/mol. The normalized spacial score (nSPS) is 11.5. The lowest BCUT2D eigenvalue weighted by Crippen LogP contribution is -2.66. The van der Waals surface area contributed by atoms with Crippen LogP contribution in [0.4, 0.5) is 10.1 Å². The van der Waals surface area contributed by atoms with Crippen LogP contribution in [0.15, 0.2) is 72.8 Å². The lowest BCUT2D eigenvalue weighted by molar-refractivity contribution is -0.153. The molecule has 0 spiro atoms. The summed E-state index contributed by atoms with van der Waals surface area (Å²) in [5.74, 6) is -2.98. The van der Waals surface area contributed by atoms with Gasteiger partial charge in [0.15, 0.2) is 5.82 Å². The molecule has 0 saturated carbocycles. The largest absolute Gasteiger partial charge is 0.459 e. The highest BCUT2D eigenvalue weighted by molar-refractivity contribution is 6.99. The Morgan fingerprint density at radius 1 is 1.02 bits per heavy atom. The van der Waals surface area contributed by atoms with Crippen LogP contribution in [0.2, 0.25) is 10.1 Å². The molecule has 0 aromatic heterocycles. The highest BCUT2D eigenvalue weighted by atomic mass is 35.5. The number of hydrogen-bond donors (Lipinski definition) is 0. The van der Waals surface area contributed by atoms with Gasteiger partial charge >= 0.3 is 11.9 Å². The van der Waals surface area contributed by atoms with E-state index in [1.807, 2.05) is 42.5 Å². The summed E-state index contributed by atoms with van der Waals surface area (Å²) >= 11 is 6.32. The summed E-state index contributed by atoms with van der Waals surface area (Å²) in [6, 6.07) is 25.1. The molecular formula is C31H34ClFN2O4Si. The minimum absolute atomic E-state index is 0.00773. The number of anilines is 1. The third kappa shape index (κ3) is 6.79. The Kier molecular flexibility index (Phi) is 10.6. The van der Waals surface area contributed by atoms with E-state index in [2.05, 4.69) is 45.0 Å². The number of esters is 1. The van der Waals surface area contributed by atoms with E-state index in [1.54, 1.807) is 6.92 Å². The molecule has 0 atom stereocenters. The summed E-state index contributed by atoms with van der Waals surface area (Å²) in [5.41, 5.74) is 0.376. The number of carbonyl (C=O) groups is 2. The first-order valence-electron chi connectivity index (χ1n) is 13.1. The number of amides is 1. The highest BCUT2D eigenvalue weighted by Crippen LogP contribution is 2.38. The molecule has 0 radical (unpaired) electrons. The molecule has 3 rings (SSSR count). The number of unbranched alkanes of at least 4 members (excludes halogenated alkanes) is 1. The maximum atomic E-state index is 15.4. The number of carbonyl (C=O) groups excluding carboxylic acids is 2. The number of nitrogens with zero attached hydrogens (tertiary/aromatic N) is 2. The second-order valence-electron chi connectivity index (χ2n) is 10.3. The topological polar surface area (TPSA) is 79.6 Å². The number of hydrogen-bond acceptors (Lipinski definition) is 5. The van der Waals surface area contributed by atoms with Gasteiger partial charge in [0.25, 0.3) is 8.32 Å². The summed E-state index contributed by atoms with van der Waals surface area (Å²) in [4.78, 5) is 26.2. The minimum atomic E-state index is -2.91. The lowest BCUT2D eigenvalue weighted by Gasteiger charge is -2.43. The quantitative estimate of drug-likeness (QED) is 0.132. The molecule has 0 aliphatic carbocycles. The van der Waals surface area contributed by atoms with Gasteiger partial charge in [-0.15, -0.1) is 0 Å². The fraction of sp³-hybridized carbons (Fsp3) is 0.323. The molecule has 40 heavy (non-hydrogen) atoms. The van der Waals surface area contributed by atoms with Crippen molar-refractivity contribution in [1.82, 2.24) is 0 Å².